The molecule has 0 N–H and O–H groups in total. The second-order valence-corrected chi connectivity index (χ2v) is 9.15. The summed E-state index contributed by atoms with van der Waals surface area (Å²) in [5.74, 6) is -0.726. The van der Waals surface area contributed by atoms with Gasteiger partial charge < -0.3 is 19.2 Å². The van der Waals surface area contributed by atoms with Gasteiger partial charge in [-0.1, -0.05) is 84.9 Å². The number of benzene rings is 4. The number of aliphatic carboxylic acids is 1. The zero-order valence-corrected chi connectivity index (χ0v) is 23.7. The Kier molecular flexibility index (Phi) is 9.24. The van der Waals surface area contributed by atoms with Gasteiger partial charge in [-0.2, -0.15) is 0 Å². The van der Waals surface area contributed by atoms with Gasteiger partial charge in [-0.3, -0.25) is 0 Å². The number of hydrogen-bond acceptors (Lipinski definition) is 3. The fourth-order valence-electron chi connectivity index (χ4n) is 4.52. The van der Waals surface area contributed by atoms with Gasteiger partial charge in [0.1, 0.15) is 11.9 Å². The molecule has 0 aliphatic heterocycles. The van der Waals surface area contributed by atoms with E-state index in [-0.39, 0.29) is 36.0 Å². The molecule has 0 amide bonds. The number of hydrogen-bond donors (Lipinski definition) is 0. The molecule has 0 aliphatic rings. The fraction of sp³-hybridized carbons (Fsp3) is 0.121. The van der Waals surface area contributed by atoms with Crippen LogP contribution in [0.1, 0.15) is 16.8 Å². The van der Waals surface area contributed by atoms with Crippen LogP contribution in [0.3, 0.4) is 0 Å². The number of carbonyl (C=O) groups excluding carboxylic acids is 1. The minimum Gasteiger partial charge on any atom is -0.546 e. The summed E-state index contributed by atoms with van der Waals surface area (Å²) in [4.78, 5) is 11.7. The summed E-state index contributed by atoms with van der Waals surface area (Å²) in [5, 5.41) is 11.7. The van der Waals surface area contributed by atoms with Crippen LogP contribution in [-0.2, 0) is 17.8 Å². The molecule has 5 rings (SSSR count). The molecule has 184 valence electrons. The third kappa shape index (κ3) is 6.65. The number of carboxylic acids is 1. The van der Waals surface area contributed by atoms with Crippen LogP contribution in [0.5, 0.6) is 5.75 Å². The van der Waals surface area contributed by atoms with Crippen molar-refractivity contribution in [3.63, 3.8) is 0 Å². The van der Waals surface area contributed by atoms with Crippen molar-refractivity contribution < 1.29 is 44.2 Å². The van der Waals surface area contributed by atoms with Crippen molar-refractivity contribution >= 4 is 5.97 Å². The summed E-state index contributed by atoms with van der Waals surface area (Å²) in [6.45, 7) is 2.86. The summed E-state index contributed by atoms with van der Waals surface area (Å²) in [6, 6.07) is 40.3. The Balaban J connectivity index is 0.00000336. The molecule has 0 saturated carbocycles. The molecule has 0 radical (unpaired) electrons. The molecule has 4 nitrogen and oxygen atoms in total. The second-order valence-electron chi connectivity index (χ2n) is 9.15. The number of nitrogens with zero attached hydrogens (tertiary/aromatic N) is 1. The maximum Gasteiger partial charge on any atom is 1.00 e. The van der Waals surface area contributed by atoms with E-state index < -0.39 is 12.1 Å². The molecule has 0 saturated heterocycles. The molecule has 0 unspecified atom stereocenters. The van der Waals surface area contributed by atoms with Crippen molar-refractivity contribution in [1.82, 2.24) is 4.57 Å². The van der Waals surface area contributed by atoms with Crippen molar-refractivity contribution in [3.8, 4) is 28.1 Å². The van der Waals surface area contributed by atoms with E-state index in [1.807, 2.05) is 60.7 Å². The minimum absolute atomic E-state index is 0. The Hall–Kier alpha value is -3.57. The van der Waals surface area contributed by atoms with Crippen LogP contribution in [0.4, 0.5) is 0 Å². The second kappa shape index (κ2) is 12.8. The number of rotatable bonds is 9. The number of aryl methyl sites for hydroxylation is 1. The number of carboxylic acid groups (broad SMARTS) is 1. The van der Waals surface area contributed by atoms with Gasteiger partial charge >= 0.3 is 29.6 Å². The summed E-state index contributed by atoms with van der Waals surface area (Å²) in [5.41, 5.74) is 7.82. The molecular formula is C33H28NNaO3. The molecular weight excluding hydrogens is 481 g/mol. The topological polar surface area (TPSA) is 54.3 Å². The predicted octanol–water partition coefficient (Wildman–Crippen LogP) is 2.92. The average molecular weight is 510 g/mol. The smallest absolute Gasteiger partial charge is 0.546 e. The van der Waals surface area contributed by atoms with Crippen molar-refractivity contribution in [1.29, 1.82) is 0 Å². The number of carbonyl (C=O) groups is 1. The SMILES string of the molecule is Cc1ccc(-c2ccc(O[C@H](Cc3ccccc3)C(=O)[O-])cc2)n1Cc1ccc(-c2ccccc2)cc1.[Na+]. The molecule has 1 aromatic heterocycles. The van der Waals surface area contributed by atoms with Crippen LogP contribution >= 0.6 is 0 Å². The first-order valence-corrected chi connectivity index (χ1v) is 12.4. The van der Waals surface area contributed by atoms with E-state index in [1.165, 1.54) is 22.4 Å². The number of ether oxygens (including phenoxy) is 1. The van der Waals surface area contributed by atoms with Crippen molar-refractivity contribution in [2.45, 2.75) is 26.0 Å². The van der Waals surface area contributed by atoms with Crippen molar-refractivity contribution in [2.75, 3.05) is 0 Å². The van der Waals surface area contributed by atoms with Gasteiger partial charge in [-0.25, -0.2) is 0 Å². The monoisotopic (exact) mass is 509 g/mol. The van der Waals surface area contributed by atoms with Gasteiger partial charge in [0.05, 0.1) is 5.97 Å². The Morgan fingerprint density at radius 2 is 1.29 bits per heavy atom. The molecule has 0 spiro atoms. The van der Waals surface area contributed by atoms with E-state index in [4.69, 9.17) is 4.74 Å². The molecule has 0 bridgehead atoms. The Labute approximate surface area is 245 Å². The van der Waals surface area contributed by atoms with E-state index >= 15 is 0 Å². The van der Waals surface area contributed by atoms with Gasteiger partial charge in [-0.05, 0) is 71.1 Å². The van der Waals surface area contributed by atoms with Crippen LogP contribution in [0.2, 0.25) is 0 Å². The van der Waals surface area contributed by atoms with Crippen LogP contribution in [0, 0.1) is 6.92 Å². The maximum absolute atomic E-state index is 11.7. The quantitative estimate of drug-likeness (QED) is 0.287. The predicted molar refractivity (Wildman–Crippen MR) is 145 cm³/mol. The van der Waals surface area contributed by atoms with E-state index in [1.54, 1.807) is 0 Å². The van der Waals surface area contributed by atoms with E-state index in [0.717, 1.165) is 23.4 Å². The molecule has 1 atom stereocenters. The summed E-state index contributed by atoms with van der Waals surface area (Å²) < 4.78 is 8.07. The van der Waals surface area contributed by atoms with Crippen LogP contribution in [0.15, 0.2) is 121 Å². The molecule has 38 heavy (non-hydrogen) atoms. The zero-order valence-electron chi connectivity index (χ0n) is 21.7. The fourth-order valence-corrected chi connectivity index (χ4v) is 4.52. The van der Waals surface area contributed by atoms with Gasteiger partial charge in [-0.15, -0.1) is 0 Å². The zero-order chi connectivity index (χ0) is 25.6. The van der Waals surface area contributed by atoms with Crippen LogP contribution in [-0.4, -0.2) is 16.6 Å². The first-order chi connectivity index (χ1) is 18.1. The maximum atomic E-state index is 11.7. The third-order valence-corrected chi connectivity index (χ3v) is 6.56. The van der Waals surface area contributed by atoms with E-state index in [9.17, 15) is 9.90 Å². The van der Waals surface area contributed by atoms with E-state index in [2.05, 4.69) is 72.2 Å². The largest absolute Gasteiger partial charge is 1.00 e. The average Bonchev–Trinajstić information content (AvgIpc) is 3.30. The van der Waals surface area contributed by atoms with Crippen LogP contribution in [0.25, 0.3) is 22.4 Å². The van der Waals surface area contributed by atoms with Gasteiger partial charge in [0.15, 0.2) is 0 Å². The molecule has 5 aromatic rings. The Morgan fingerprint density at radius 1 is 0.711 bits per heavy atom. The van der Waals surface area contributed by atoms with E-state index in [0.29, 0.717) is 5.75 Å². The van der Waals surface area contributed by atoms with Crippen molar-refractivity contribution in [3.05, 3.63) is 138 Å². The number of aromatic nitrogens is 1. The molecule has 0 aliphatic carbocycles. The third-order valence-electron chi connectivity index (χ3n) is 6.56. The first kappa shape index (κ1) is 27.5. The van der Waals surface area contributed by atoms with Gasteiger partial charge in [0.25, 0.3) is 0 Å². The summed E-state index contributed by atoms with van der Waals surface area (Å²) >= 11 is 0. The summed E-state index contributed by atoms with van der Waals surface area (Å²) in [7, 11) is 0. The van der Waals surface area contributed by atoms with Gasteiger partial charge in [0.2, 0.25) is 0 Å². The Morgan fingerprint density at radius 3 is 1.92 bits per heavy atom. The molecule has 5 heteroatoms. The first-order valence-electron chi connectivity index (χ1n) is 12.4. The molecule has 4 aromatic carbocycles. The molecule has 0 fully saturated rings. The molecule has 1 heterocycles. The standard InChI is InChI=1S/C33H29NO3.Na/c1-24-12-21-31(34(24)23-26-13-15-28(16-14-26)27-10-6-3-7-11-27)29-17-19-30(20-18-29)37-32(33(35)36)22-25-8-4-2-5-9-25;/h2-21,32H,22-23H2,1H3,(H,35,36);/q;+1/p-1/t32-;/m1./s1. The van der Waals surface area contributed by atoms with Gasteiger partial charge in [0, 0.05) is 24.4 Å². The van der Waals surface area contributed by atoms with Crippen LogP contribution < -0.4 is 39.4 Å². The summed E-state index contributed by atoms with van der Waals surface area (Å²) in [6.07, 6.45) is -0.811. The van der Waals surface area contributed by atoms with Crippen molar-refractivity contribution in [2.24, 2.45) is 0 Å². The minimum atomic E-state index is -1.23. The Bertz CT molecular complexity index is 1460. The normalized spacial score (nSPS) is 11.4.